The molecule has 6 heteroatoms. The number of methoxy groups -OCH3 is 1. The third-order valence-electron chi connectivity index (χ3n) is 4.33. The Balaban J connectivity index is 1.75. The molecule has 0 heterocycles. The lowest BCUT2D eigenvalue weighted by atomic mass is 10.1. The smallest absolute Gasteiger partial charge is 0.343 e. The Bertz CT molecular complexity index is 1070. The zero-order valence-corrected chi connectivity index (χ0v) is 15.5. The molecule has 3 aromatic carbocycles. The third-order valence-corrected chi connectivity index (χ3v) is 4.33. The van der Waals surface area contributed by atoms with Crippen molar-refractivity contribution in [2.24, 2.45) is 0 Å². The highest BCUT2D eigenvalue weighted by molar-refractivity contribution is 6.06. The van der Waals surface area contributed by atoms with Gasteiger partial charge in [0, 0.05) is 18.3 Å². The van der Waals surface area contributed by atoms with Crippen molar-refractivity contribution < 1.29 is 19.1 Å². The van der Waals surface area contributed by atoms with Gasteiger partial charge in [0.05, 0.1) is 18.7 Å². The summed E-state index contributed by atoms with van der Waals surface area (Å²) in [6.07, 6.45) is 0. The molecule has 0 radical (unpaired) electrons. The molecule has 140 valence electrons. The molecule has 0 bridgehead atoms. The first-order valence-electron chi connectivity index (χ1n) is 8.53. The van der Waals surface area contributed by atoms with Gasteiger partial charge in [0.1, 0.15) is 5.75 Å². The number of carbonyl (C=O) groups excluding carboxylic acids is 2. The summed E-state index contributed by atoms with van der Waals surface area (Å²) in [6, 6.07) is 19.7. The second-order valence-corrected chi connectivity index (χ2v) is 6.11. The van der Waals surface area contributed by atoms with Gasteiger partial charge in [-0.3, -0.25) is 4.79 Å². The molecule has 28 heavy (non-hydrogen) atoms. The van der Waals surface area contributed by atoms with E-state index in [9.17, 15) is 9.59 Å². The molecule has 0 aliphatic carbocycles. The first-order chi connectivity index (χ1) is 13.5. The van der Waals surface area contributed by atoms with Gasteiger partial charge in [-0.2, -0.15) is 5.26 Å². The summed E-state index contributed by atoms with van der Waals surface area (Å²) < 4.78 is 9.80. The summed E-state index contributed by atoms with van der Waals surface area (Å²) in [5, 5.41) is 10.9. The first kappa shape index (κ1) is 18.9. The molecule has 0 N–H and O–H groups in total. The van der Waals surface area contributed by atoms with Crippen LogP contribution in [0.5, 0.6) is 5.75 Å². The standard InChI is InChI=1S/C22H18N2O4/c1-24(19-8-5-17-11-15(13-23)3-4-18(17)12-19)22(26)16-6-9-20(10-7-16)28-14-21(25)27-2/h3-12H,14H2,1-2H3. The molecule has 0 atom stereocenters. The number of carbonyl (C=O) groups is 2. The monoisotopic (exact) mass is 374 g/mol. The fourth-order valence-corrected chi connectivity index (χ4v) is 2.72. The van der Waals surface area contributed by atoms with E-state index in [1.54, 1.807) is 42.3 Å². The number of hydrogen-bond donors (Lipinski definition) is 0. The maximum Gasteiger partial charge on any atom is 0.343 e. The van der Waals surface area contributed by atoms with Crippen LogP contribution in [0.2, 0.25) is 0 Å². The summed E-state index contributed by atoms with van der Waals surface area (Å²) in [5.74, 6) is -0.172. The van der Waals surface area contributed by atoms with Crippen molar-refractivity contribution in [3.63, 3.8) is 0 Å². The fraction of sp³-hybridized carbons (Fsp3) is 0.136. The van der Waals surface area contributed by atoms with Crippen LogP contribution in [0.4, 0.5) is 5.69 Å². The van der Waals surface area contributed by atoms with E-state index in [0.717, 1.165) is 16.5 Å². The molecule has 0 aliphatic rings. The minimum Gasteiger partial charge on any atom is -0.482 e. The summed E-state index contributed by atoms with van der Waals surface area (Å²) in [6.45, 7) is -0.186. The van der Waals surface area contributed by atoms with Gasteiger partial charge >= 0.3 is 5.97 Å². The van der Waals surface area contributed by atoms with E-state index in [-0.39, 0.29) is 12.5 Å². The van der Waals surface area contributed by atoms with E-state index in [2.05, 4.69) is 10.8 Å². The maximum atomic E-state index is 12.8. The molecule has 0 aliphatic heterocycles. The van der Waals surface area contributed by atoms with Crippen LogP contribution >= 0.6 is 0 Å². The van der Waals surface area contributed by atoms with Crippen LogP contribution in [-0.4, -0.2) is 32.6 Å². The van der Waals surface area contributed by atoms with Gasteiger partial charge in [0.2, 0.25) is 0 Å². The van der Waals surface area contributed by atoms with Crippen molar-refractivity contribution in [3.05, 3.63) is 71.8 Å². The van der Waals surface area contributed by atoms with Crippen LogP contribution in [0.1, 0.15) is 15.9 Å². The highest BCUT2D eigenvalue weighted by Gasteiger charge is 2.14. The lowest BCUT2D eigenvalue weighted by molar-refractivity contribution is -0.142. The number of esters is 1. The number of nitriles is 1. The van der Waals surface area contributed by atoms with E-state index < -0.39 is 5.97 Å². The van der Waals surface area contributed by atoms with Crippen LogP contribution in [-0.2, 0) is 9.53 Å². The Hall–Kier alpha value is -3.85. The van der Waals surface area contributed by atoms with Crippen molar-refractivity contribution >= 4 is 28.3 Å². The first-order valence-corrected chi connectivity index (χ1v) is 8.53. The Morgan fingerprint density at radius 1 is 1.00 bits per heavy atom. The lowest BCUT2D eigenvalue weighted by Crippen LogP contribution is -2.26. The largest absolute Gasteiger partial charge is 0.482 e. The topological polar surface area (TPSA) is 79.6 Å². The minimum atomic E-state index is -0.474. The molecule has 0 saturated carbocycles. The number of nitrogens with zero attached hydrogens (tertiary/aromatic N) is 2. The fourth-order valence-electron chi connectivity index (χ4n) is 2.72. The minimum absolute atomic E-state index is 0.174. The molecular weight excluding hydrogens is 356 g/mol. The van der Waals surface area contributed by atoms with Crippen molar-refractivity contribution in [3.8, 4) is 11.8 Å². The van der Waals surface area contributed by atoms with Crippen molar-refractivity contribution in [2.45, 2.75) is 0 Å². The highest BCUT2D eigenvalue weighted by atomic mass is 16.6. The second kappa shape index (κ2) is 8.23. The lowest BCUT2D eigenvalue weighted by Gasteiger charge is -2.18. The Kier molecular flexibility index (Phi) is 5.56. The number of benzene rings is 3. The van der Waals surface area contributed by atoms with E-state index in [1.165, 1.54) is 7.11 Å². The number of rotatable bonds is 5. The average molecular weight is 374 g/mol. The van der Waals surface area contributed by atoms with Gasteiger partial charge in [0.15, 0.2) is 6.61 Å². The number of amides is 1. The molecule has 0 fully saturated rings. The molecule has 0 unspecified atom stereocenters. The summed E-state index contributed by atoms with van der Waals surface area (Å²) in [5.41, 5.74) is 1.83. The van der Waals surface area contributed by atoms with E-state index >= 15 is 0 Å². The van der Waals surface area contributed by atoms with Crippen LogP contribution in [0.15, 0.2) is 60.7 Å². The molecule has 0 aromatic heterocycles. The zero-order chi connectivity index (χ0) is 20.1. The highest BCUT2D eigenvalue weighted by Crippen LogP contribution is 2.24. The Labute approximate surface area is 162 Å². The van der Waals surface area contributed by atoms with Crippen molar-refractivity contribution in [1.29, 1.82) is 5.26 Å². The van der Waals surface area contributed by atoms with E-state index in [4.69, 9.17) is 10.00 Å². The molecule has 3 aromatic rings. The number of hydrogen-bond acceptors (Lipinski definition) is 5. The molecule has 6 nitrogen and oxygen atoms in total. The van der Waals surface area contributed by atoms with Crippen LogP contribution < -0.4 is 9.64 Å². The van der Waals surface area contributed by atoms with Crippen molar-refractivity contribution in [1.82, 2.24) is 0 Å². The predicted molar refractivity (Wildman–Crippen MR) is 105 cm³/mol. The van der Waals surface area contributed by atoms with Gasteiger partial charge in [-0.05, 0) is 59.3 Å². The van der Waals surface area contributed by atoms with Gasteiger partial charge in [-0.15, -0.1) is 0 Å². The Morgan fingerprint density at radius 3 is 2.36 bits per heavy atom. The van der Waals surface area contributed by atoms with E-state index in [0.29, 0.717) is 16.9 Å². The molecular formula is C22H18N2O4. The molecule has 0 saturated heterocycles. The predicted octanol–water partition coefficient (Wildman–Crippen LogP) is 3.54. The van der Waals surface area contributed by atoms with Gasteiger partial charge in [-0.25, -0.2) is 4.79 Å². The second-order valence-electron chi connectivity index (χ2n) is 6.11. The van der Waals surface area contributed by atoms with E-state index in [1.807, 2.05) is 30.3 Å². The molecule has 0 spiro atoms. The number of anilines is 1. The SMILES string of the molecule is COC(=O)COc1ccc(C(=O)N(C)c2ccc3cc(C#N)ccc3c2)cc1. The summed E-state index contributed by atoms with van der Waals surface area (Å²) in [7, 11) is 2.99. The van der Waals surface area contributed by atoms with Crippen LogP contribution in [0.25, 0.3) is 10.8 Å². The van der Waals surface area contributed by atoms with Crippen LogP contribution in [0, 0.1) is 11.3 Å². The van der Waals surface area contributed by atoms with Gasteiger partial charge < -0.3 is 14.4 Å². The quantitative estimate of drug-likeness (QED) is 0.638. The Morgan fingerprint density at radius 2 is 1.68 bits per heavy atom. The molecule has 1 amide bonds. The average Bonchev–Trinajstić information content (AvgIpc) is 2.75. The van der Waals surface area contributed by atoms with Crippen molar-refractivity contribution in [2.75, 3.05) is 25.7 Å². The number of ether oxygens (including phenoxy) is 2. The summed E-state index contributed by atoms with van der Waals surface area (Å²) >= 11 is 0. The van der Waals surface area contributed by atoms with Crippen LogP contribution in [0.3, 0.4) is 0 Å². The third kappa shape index (κ3) is 4.10. The number of fused-ring (bicyclic) bond motifs is 1. The maximum absolute atomic E-state index is 12.8. The van der Waals surface area contributed by atoms with Gasteiger partial charge in [-0.1, -0.05) is 12.1 Å². The zero-order valence-electron chi connectivity index (χ0n) is 15.5. The van der Waals surface area contributed by atoms with Gasteiger partial charge in [0.25, 0.3) is 5.91 Å². The molecule has 3 rings (SSSR count). The summed E-state index contributed by atoms with van der Waals surface area (Å²) in [4.78, 5) is 25.4. The normalized spacial score (nSPS) is 10.2.